The molecule has 0 aliphatic heterocycles. The molecule has 1 amide bonds. The molecule has 0 spiro atoms. The first kappa shape index (κ1) is 13.8. The Morgan fingerprint density at radius 1 is 1.40 bits per heavy atom. The van der Waals surface area contributed by atoms with Crippen LogP contribution in [0.1, 0.15) is 34.8 Å². The molecule has 1 aromatic heterocycles. The maximum atomic E-state index is 12.4. The number of carbonyl (C=O) groups is 1. The van der Waals surface area contributed by atoms with E-state index in [1.807, 2.05) is 24.3 Å². The van der Waals surface area contributed by atoms with E-state index in [1.165, 1.54) is 10.4 Å². The summed E-state index contributed by atoms with van der Waals surface area (Å²) in [6, 6.07) is 10.2. The highest BCUT2D eigenvalue weighted by atomic mass is 79.9. The van der Waals surface area contributed by atoms with E-state index < -0.39 is 0 Å². The van der Waals surface area contributed by atoms with Crippen molar-refractivity contribution in [2.24, 2.45) is 0 Å². The van der Waals surface area contributed by atoms with Gasteiger partial charge in [0.05, 0.1) is 5.92 Å². The van der Waals surface area contributed by atoms with Crippen molar-refractivity contribution in [3.05, 3.63) is 56.2 Å². The number of aryl methyl sites for hydroxylation is 1. The summed E-state index contributed by atoms with van der Waals surface area (Å²) in [5.74, 6) is 0.196. The predicted octanol–water partition coefficient (Wildman–Crippen LogP) is 4.25. The molecule has 1 aliphatic rings. The molecule has 0 fully saturated rings. The molecule has 0 saturated carbocycles. The summed E-state index contributed by atoms with van der Waals surface area (Å²) < 4.78 is 1.04. The van der Waals surface area contributed by atoms with E-state index in [-0.39, 0.29) is 11.8 Å². The highest BCUT2D eigenvalue weighted by molar-refractivity contribution is 9.10. The van der Waals surface area contributed by atoms with Gasteiger partial charge in [-0.15, -0.1) is 11.3 Å². The lowest BCUT2D eigenvalue weighted by Gasteiger charge is -2.21. The lowest BCUT2D eigenvalue weighted by atomic mass is 9.87. The van der Waals surface area contributed by atoms with Crippen LogP contribution < -0.4 is 5.32 Å². The summed E-state index contributed by atoms with van der Waals surface area (Å²) in [6.45, 7) is 0.592. The molecular formula is C16H16BrNOS. The third-order valence-electron chi connectivity index (χ3n) is 3.72. The average Bonchev–Trinajstić information content (AvgIpc) is 2.93. The van der Waals surface area contributed by atoms with Gasteiger partial charge in [0.2, 0.25) is 5.91 Å². The Morgan fingerprint density at radius 3 is 3.15 bits per heavy atom. The lowest BCUT2D eigenvalue weighted by Crippen LogP contribution is -2.30. The van der Waals surface area contributed by atoms with Gasteiger partial charge in [0, 0.05) is 15.9 Å². The van der Waals surface area contributed by atoms with Crippen LogP contribution in [-0.2, 0) is 17.8 Å². The predicted molar refractivity (Wildman–Crippen MR) is 86.0 cm³/mol. The third-order valence-corrected chi connectivity index (χ3v) is 5.21. The first-order valence-corrected chi connectivity index (χ1v) is 8.50. The van der Waals surface area contributed by atoms with E-state index in [0.717, 1.165) is 29.3 Å². The van der Waals surface area contributed by atoms with Crippen molar-refractivity contribution in [1.29, 1.82) is 0 Å². The van der Waals surface area contributed by atoms with Gasteiger partial charge in [-0.05, 0) is 54.0 Å². The second-order valence-electron chi connectivity index (χ2n) is 5.09. The molecule has 3 rings (SSSR count). The molecule has 2 nitrogen and oxygen atoms in total. The number of amides is 1. The van der Waals surface area contributed by atoms with Crippen LogP contribution in [-0.4, -0.2) is 5.91 Å². The van der Waals surface area contributed by atoms with Crippen LogP contribution in [0.25, 0.3) is 0 Å². The summed E-state index contributed by atoms with van der Waals surface area (Å²) >= 11 is 5.23. The Hall–Kier alpha value is -1.13. The number of thiophene rings is 1. The van der Waals surface area contributed by atoms with Crippen molar-refractivity contribution in [3.63, 3.8) is 0 Å². The Morgan fingerprint density at radius 2 is 2.30 bits per heavy atom. The van der Waals surface area contributed by atoms with Crippen molar-refractivity contribution >= 4 is 33.2 Å². The van der Waals surface area contributed by atoms with Gasteiger partial charge in [-0.1, -0.05) is 28.1 Å². The molecule has 0 saturated heterocycles. The van der Waals surface area contributed by atoms with Crippen LogP contribution in [0.2, 0.25) is 0 Å². The van der Waals surface area contributed by atoms with E-state index in [9.17, 15) is 4.79 Å². The lowest BCUT2D eigenvalue weighted by molar-refractivity contribution is -0.123. The number of nitrogens with one attached hydrogen (secondary N) is 1. The third kappa shape index (κ3) is 2.96. The smallest absolute Gasteiger partial charge is 0.227 e. The van der Waals surface area contributed by atoms with Crippen molar-refractivity contribution in [1.82, 2.24) is 5.32 Å². The topological polar surface area (TPSA) is 29.1 Å². The number of rotatable bonds is 3. The van der Waals surface area contributed by atoms with Crippen LogP contribution in [0.5, 0.6) is 0 Å². The minimum absolute atomic E-state index is 0.0390. The molecular weight excluding hydrogens is 334 g/mol. The first-order valence-electron chi connectivity index (χ1n) is 6.82. The molecule has 1 aromatic carbocycles. The van der Waals surface area contributed by atoms with E-state index >= 15 is 0 Å². The summed E-state index contributed by atoms with van der Waals surface area (Å²) in [7, 11) is 0. The monoisotopic (exact) mass is 349 g/mol. The fourth-order valence-electron chi connectivity index (χ4n) is 2.72. The molecule has 1 atom stereocenters. The van der Waals surface area contributed by atoms with Gasteiger partial charge in [-0.2, -0.15) is 0 Å². The minimum Gasteiger partial charge on any atom is -0.351 e. The van der Waals surface area contributed by atoms with Gasteiger partial charge in [-0.25, -0.2) is 0 Å². The zero-order valence-corrected chi connectivity index (χ0v) is 13.5. The summed E-state index contributed by atoms with van der Waals surface area (Å²) in [4.78, 5) is 13.8. The number of hydrogen-bond acceptors (Lipinski definition) is 2. The van der Waals surface area contributed by atoms with Crippen molar-refractivity contribution in [3.8, 4) is 0 Å². The number of carbonyl (C=O) groups excluding carboxylic acids is 1. The zero-order chi connectivity index (χ0) is 13.9. The van der Waals surface area contributed by atoms with Gasteiger partial charge in [-0.3, -0.25) is 4.79 Å². The van der Waals surface area contributed by atoms with E-state index in [1.54, 1.807) is 11.3 Å². The normalized spacial score (nSPS) is 17.6. The fourth-order valence-corrected chi connectivity index (χ4v) is 4.15. The SMILES string of the molecule is O=C(NCc1cccc(Br)c1)C1CCCc2sccc21. The molecule has 4 heteroatoms. The Kier molecular flexibility index (Phi) is 4.22. The van der Waals surface area contributed by atoms with Gasteiger partial charge in [0.25, 0.3) is 0 Å². The van der Waals surface area contributed by atoms with Crippen LogP contribution in [0.4, 0.5) is 0 Å². The number of hydrogen-bond donors (Lipinski definition) is 1. The molecule has 2 aromatic rings. The van der Waals surface area contributed by atoms with E-state index in [2.05, 4.69) is 32.7 Å². The number of fused-ring (bicyclic) bond motifs is 1. The van der Waals surface area contributed by atoms with Crippen LogP contribution in [0.3, 0.4) is 0 Å². The highest BCUT2D eigenvalue weighted by Gasteiger charge is 2.26. The minimum atomic E-state index is 0.0390. The van der Waals surface area contributed by atoms with Gasteiger partial charge in [0.1, 0.15) is 0 Å². The van der Waals surface area contributed by atoms with Crippen molar-refractivity contribution in [2.75, 3.05) is 0 Å². The molecule has 20 heavy (non-hydrogen) atoms. The standard InChI is InChI=1S/C16H16BrNOS/c17-12-4-1-3-11(9-12)10-18-16(19)14-5-2-6-15-13(14)7-8-20-15/h1,3-4,7-9,14H,2,5-6,10H2,(H,18,19). The zero-order valence-electron chi connectivity index (χ0n) is 11.1. The van der Waals surface area contributed by atoms with Crippen LogP contribution in [0.15, 0.2) is 40.2 Å². The Labute approximate surface area is 131 Å². The molecule has 0 bridgehead atoms. The molecule has 104 valence electrons. The molecule has 1 aliphatic carbocycles. The van der Waals surface area contributed by atoms with E-state index in [4.69, 9.17) is 0 Å². The van der Waals surface area contributed by atoms with Crippen LogP contribution >= 0.6 is 27.3 Å². The Balaban J connectivity index is 1.66. The maximum Gasteiger partial charge on any atom is 0.227 e. The van der Waals surface area contributed by atoms with Crippen molar-refractivity contribution in [2.45, 2.75) is 31.7 Å². The summed E-state index contributed by atoms with van der Waals surface area (Å²) in [5, 5.41) is 5.17. The largest absolute Gasteiger partial charge is 0.351 e. The molecule has 1 N–H and O–H groups in total. The molecule has 1 heterocycles. The molecule has 0 radical (unpaired) electrons. The summed E-state index contributed by atoms with van der Waals surface area (Å²) in [5.41, 5.74) is 2.36. The van der Waals surface area contributed by atoms with E-state index in [0.29, 0.717) is 6.54 Å². The van der Waals surface area contributed by atoms with Gasteiger partial charge < -0.3 is 5.32 Å². The van der Waals surface area contributed by atoms with Crippen LogP contribution in [0, 0.1) is 0 Å². The second-order valence-corrected chi connectivity index (χ2v) is 7.01. The second kappa shape index (κ2) is 6.10. The maximum absolute atomic E-state index is 12.4. The van der Waals surface area contributed by atoms with Gasteiger partial charge >= 0.3 is 0 Å². The molecule has 1 unspecified atom stereocenters. The first-order chi connectivity index (χ1) is 9.74. The van der Waals surface area contributed by atoms with Crippen molar-refractivity contribution < 1.29 is 4.79 Å². The Bertz CT molecular complexity index is 622. The average molecular weight is 350 g/mol. The summed E-state index contributed by atoms with van der Waals surface area (Å²) in [6.07, 6.45) is 3.21. The number of benzene rings is 1. The van der Waals surface area contributed by atoms with Gasteiger partial charge in [0.15, 0.2) is 0 Å². The highest BCUT2D eigenvalue weighted by Crippen LogP contribution is 2.35. The quantitative estimate of drug-likeness (QED) is 0.881. The fraction of sp³-hybridized carbons (Fsp3) is 0.312. The number of halogens is 1.